The molecule has 2 unspecified atom stereocenters. The zero-order valence-corrected chi connectivity index (χ0v) is 11.1. The molecule has 2 heterocycles. The van der Waals surface area contributed by atoms with Crippen LogP contribution < -0.4 is 11.1 Å². The molecule has 6 heteroatoms. The van der Waals surface area contributed by atoms with E-state index in [1.165, 1.54) is 12.3 Å². The summed E-state index contributed by atoms with van der Waals surface area (Å²) in [5.41, 5.74) is 6.01. The summed E-state index contributed by atoms with van der Waals surface area (Å²) in [5, 5.41) is 3.20. The van der Waals surface area contributed by atoms with Crippen molar-refractivity contribution in [1.82, 2.24) is 10.3 Å². The second-order valence-electron chi connectivity index (χ2n) is 4.73. The number of halogens is 1. The zero-order chi connectivity index (χ0) is 13.3. The quantitative estimate of drug-likeness (QED) is 0.800. The number of hydrogen-bond donors (Lipinski definition) is 2. The van der Waals surface area contributed by atoms with E-state index in [1.54, 1.807) is 0 Å². The molecule has 0 spiro atoms. The minimum absolute atomic E-state index is 0.0278. The fourth-order valence-corrected chi connectivity index (χ4v) is 2.12. The van der Waals surface area contributed by atoms with E-state index in [1.807, 2.05) is 13.8 Å². The van der Waals surface area contributed by atoms with Gasteiger partial charge in [-0.3, -0.25) is 4.79 Å². The monoisotopic (exact) mass is 269 g/mol. The van der Waals surface area contributed by atoms with Gasteiger partial charge in [0, 0.05) is 6.61 Å². The fourth-order valence-electron chi connectivity index (χ4n) is 1.96. The second kappa shape index (κ2) is 4.74. The summed E-state index contributed by atoms with van der Waals surface area (Å²) in [5.74, 6) is -0.253. The maximum Gasteiger partial charge on any atom is 0.254 e. The van der Waals surface area contributed by atoms with Gasteiger partial charge in [0.25, 0.3) is 5.91 Å². The first-order valence-corrected chi connectivity index (χ1v) is 6.15. The number of hydrogen-bond acceptors (Lipinski definition) is 4. The third-order valence-corrected chi connectivity index (χ3v) is 3.64. The molecule has 3 N–H and O–H groups in total. The fraction of sp³-hybridized carbons (Fsp3) is 0.500. The van der Waals surface area contributed by atoms with Gasteiger partial charge in [0.1, 0.15) is 5.15 Å². The van der Waals surface area contributed by atoms with E-state index in [4.69, 9.17) is 22.1 Å². The van der Waals surface area contributed by atoms with Gasteiger partial charge in [0.2, 0.25) is 0 Å². The van der Waals surface area contributed by atoms with Crippen LogP contribution in [0.1, 0.15) is 30.6 Å². The number of nitrogens with zero attached hydrogens (tertiary/aromatic N) is 1. The van der Waals surface area contributed by atoms with Crippen LogP contribution in [-0.4, -0.2) is 29.1 Å². The number of amides is 1. The molecule has 1 aliphatic heterocycles. The van der Waals surface area contributed by atoms with Crippen molar-refractivity contribution in [2.24, 2.45) is 0 Å². The standard InChI is InChI=1S/C12H16ClN3O2/c1-7-12(2,3-4-18-7)16-11(17)8-5-10(13)15-6-9(8)14/h5-7H,3-4,14H2,1-2H3,(H,16,17). The molecule has 0 radical (unpaired) electrons. The Morgan fingerprint density at radius 3 is 3.06 bits per heavy atom. The van der Waals surface area contributed by atoms with Crippen LogP contribution in [-0.2, 0) is 4.74 Å². The molecule has 0 saturated carbocycles. The molecular formula is C12H16ClN3O2. The van der Waals surface area contributed by atoms with Crippen molar-refractivity contribution >= 4 is 23.2 Å². The molecule has 1 amide bonds. The van der Waals surface area contributed by atoms with E-state index in [0.29, 0.717) is 17.9 Å². The van der Waals surface area contributed by atoms with E-state index >= 15 is 0 Å². The number of nitrogens with one attached hydrogen (secondary N) is 1. The van der Waals surface area contributed by atoms with E-state index < -0.39 is 0 Å². The molecule has 98 valence electrons. The minimum atomic E-state index is -0.376. The molecule has 1 saturated heterocycles. The van der Waals surface area contributed by atoms with Crippen LogP contribution in [0.4, 0.5) is 5.69 Å². The largest absolute Gasteiger partial charge is 0.397 e. The molecular weight excluding hydrogens is 254 g/mol. The number of nitrogen functional groups attached to an aromatic ring is 1. The summed E-state index contributed by atoms with van der Waals surface area (Å²) in [6.07, 6.45) is 2.13. The maximum absolute atomic E-state index is 12.2. The summed E-state index contributed by atoms with van der Waals surface area (Å²) >= 11 is 5.77. The van der Waals surface area contributed by atoms with Crippen LogP contribution in [0.5, 0.6) is 0 Å². The number of ether oxygens (including phenoxy) is 1. The molecule has 1 aromatic heterocycles. The Hall–Kier alpha value is -1.33. The smallest absolute Gasteiger partial charge is 0.254 e. The Morgan fingerprint density at radius 1 is 1.72 bits per heavy atom. The van der Waals surface area contributed by atoms with Crippen LogP contribution in [0, 0.1) is 0 Å². The molecule has 2 rings (SSSR count). The number of carbonyl (C=O) groups excluding carboxylic acids is 1. The molecule has 1 aliphatic rings. The SMILES string of the molecule is CC1OCCC1(C)NC(=O)c1cc(Cl)ncc1N. The second-order valence-corrected chi connectivity index (χ2v) is 5.12. The van der Waals surface area contributed by atoms with Gasteiger partial charge in [0.15, 0.2) is 0 Å². The summed E-state index contributed by atoms with van der Waals surface area (Å²) in [6.45, 7) is 4.54. The number of aromatic nitrogens is 1. The van der Waals surface area contributed by atoms with Crippen molar-refractivity contribution in [3.63, 3.8) is 0 Å². The number of nitrogens with two attached hydrogens (primary N) is 1. The lowest BCUT2D eigenvalue weighted by Crippen LogP contribution is -2.50. The Bertz CT molecular complexity index is 480. The van der Waals surface area contributed by atoms with Crippen LogP contribution in [0.15, 0.2) is 12.3 Å². The van der Waals surface area contributed by atoms with Crippen molar-refractivity contribution in [1.29, 1.82) is 0 Å². The maximum atomic E-state index is 12.2. The molecule has 0 aromatic carbocycles. The van der Waals surface area contributed by atoms with Gasteiger partial charge in [-0.1, -0.05) is 11.6 Å². The zero-order valence-electron chi connectivity index (χ0n) is 10.4. The van der Waals surface area contributed by atoms with E-state index in [2.05, 4.69) is 10.3 Å². The third-order valence-electron chi connectivity index (χ3n) is 3.43. The van der Waals surface area contributed by atoms with Crippen molar-refractivity contribution in [2.75, 3.05) is 12.3 Å². The summed E-state index contributed by atoms with van der Waals surface area (Å²) < 4.78 is 5.47. The van der Waals surface area contributed by atoms with Crippen LogP contribution in [0.2, 0.25) is 5.15 Å². The number of pyridine rings is 1. The Morgan fingerprint density at radius 2 is 2.44 bits per heavy atom. The van der Waals surface area contributed by atoms with E-state index in [-0.39, 0.29) is 22.7 Å². The minimum Gasteiger partial charge on any atom is -0.397 e. The highest BCUT2D eigenvalue weighted by Gasteiger charge is 2.38. The highest BCUT2D eigenvalue weighted by molar-refractivity contribution is 6.29. The molecule has 5 nitrogen and oxygen atoms in total. The highest BCUT2D eigenvalue weighted by atomic mass is 35.5. The topological polar surface area (TPSA) is 77.2 Å². The Labute approximate surface area is 111 Å². The first-order valence-electron chi connectivity index (χ1n) is 5.77. The molecule has 2 atom stereocenters. The van der Waals surface area contributed by atoms with Crippen molar-refractivity contribution in [3.05, 3.63) is 23.0 Å². The summed E-state index contributed by atoms with van der Waals surface area (Å²) in [4.78, 5) is 16.0. The van der Waals surface area contributed by atoms with Gasteiger partial charge in [-0.2, -0.15) is 0 Å². The molecule has 1 aromatic rings. The number of anilines is 1. The van der Waals surface area contributed by atoms with Gasteiger partial charge >= 0.3 is 0 Å². The van der Waals surface area contributed by atoms with Crippen LogP contribution >= 0.6 is 11.6 Å². The average molecular weight is 270 g/mol. The van der Waals surface area contributed by atoms with E-state index in [9.17, 15) is 4.79 Å². The molecule has 0 bridgehead atoms. The first kappa shape index (κ1) is 13.1. The van der Waals surface area contributed by atoms with Gasteiger partial charge in [-0.25, -0.2) is 4.98 Å². The Kier molecular flexibility index (Phi) is 3.45. The van der Waals surface area contributed by atoms with Crippen LogP contribution in [0.25, 0.3) is 0 Å². The predicted molar refractivity (Wildman–Crippen MR) is 69.6 cm³/mol. The lowest BCUT2D eigenvalue weighted by Gasteiger charge is -2.29. The lowest BCUT2D eigenvalue weighted by atomic mass is 9.94. The van der Waals surface area contributed by atoms with Crippen molar-refractivity contribution in [2.45, 2.75) is 31.9 Å². The molecule has 18 heavy (non-hydrogen) atoms. The Balaban J connectivity index is 2.19. The van der Waals surface area contributed by atoms with Gasteiger partial charge in [0.05, 0.1) is 29.1 Å². The number of carbonyl (C=O) groups is 1. The highest BCUT2D eigenvalue weighted by Crippen LogP contribution is 2.26. The summed E-state index contributed by atoms with van der Waals surface area (Å²) in [7, 11) is 0. The first-order chi connectivity index (χ1) is 8.42. The third kappa shape index (κ3) is 2.42. The number of rotatable bonds is 2. The van der Waals surface area contributed by atoms with Gasteiger partial charge in [-0.15, -0.1) is 0 Å². The van der Waals surface area contributed by atoms with E-state index in [0.717, 1.165) is 6.42 Å². The summed E-state index contributed by atoms with van der Waals surface area (Å²) in [6, 6.07) is 1.47. The normalized spacial score (nSPS) is 27.2. The van der Waals surface area contributed by atoms with Gasteiger partial charge < -0.3 is 15.8 Å². The van der Waals surface area contributed by atoms with Gasteiger partial charge in [-0.05, 0) is 26.3 Å². The molecule has 0 aliphatic carbocycles. The average Bonchev–Trinajstić information content (AvgIpc) is 2.62. The van der Waals surface area contributed by atoms with Crippen molar-refractivity contribution < 1.29 is 9.53 Å². The van der Waals surface area contributed by atoms with Crippen molar-refractivity contribution in [3.8, 4) is 0 Å². The van der Waals surface area contributed by atoms with Crippen LogP contribution in [0.3, 0.4) is 0 Å². The lowest BCUT2D eigenvalue weighted by molar-refractivity contribution is 0.0728. The molecule has 1 fully saturated rings. The predicted octanol–water partition coefficient (Wildman–Crippen LogP) is 1.61.